The summed E-state index contributed by atoms with van der Waals surface area (Å²) in [4.78, 5) is 13.4. The van der Waals surface area contributed by atoms with E-state index in [-0.39, 0.29) is 23.6 Å². The molecule has 98 valence electrons. The van der Waals surface area contributed by atoms with E-state index in [4.69, 9.17) is 22.1 Å². The first-order chi connectivity index (χ1) is 8.56. The summed E-state index contributed by atoms with van der Waals surface area (Å²) >= 11 is 5.61. The van der Waals surface area contributed by atoms with Crippen molar-refractivity contribution < 1.29 is 13.9 Å². The first-order valence-electron chi connectivity index (χ1n) is 5.67. The Labute approximate surface area is 109 Å². The van der Waals surface area contributed by atoms with Crippen LogP contribution in [0.25, 0.3) is 0 Å². The lowest BCUT2D eigenvalue weighted by atomic mass is 10.3. The monoisotopic (exact) mass is 272 g/mol. The molecule has 18 heavy (non-hydrogen) atoms. The summed E-state index contributed by atoms with van der Waals surface area (Å²) in [7, 11) is 0. The van der Waals surface area contributed by atoms with Gasteiger partial charge in [0.1, 0.15) is 11.6 Å². The number of amides is 1. The zero-order valence-electron chi connectivity index (χ0n) is 9.73. The Bertz CT molecular complexity index is 456. The molecule has 0 bridgehead atoms. The summed E-state index contributed by atoms with van der Waals surface area (Å²) in [5.74, 6) is -0.262. The second kappa shape index (κ2) is 5.54. The number of likely N-dealkylation sites (tertiary alicyclic amines) is 1. The molecule has 0 aromatic heterocycles. The lowest BCUT2D eigenvalue weighted by Crippen LogP contribution is -2.35. The number of nitrogens with two attached hydrogens (primary N) is 1. The van der Waals surface area contributed by atoms with Gasteiger partial charge in [-0.05, 0) is 18.6 Å². The van der Waals surface area contributed by atoms with E-state index < -0.39 is 5.82 Å². The highest BCUT2D eigenvalue weighted by atomic mass is 35.5. The van der Waals surface area contributed by atoms with E-state index in [1.165, 1.54) is 18.2 Å². The van der Waals surface area contributed by atoms with Crippen LogP contribution in [0.2, 0.25) is 5.02 Å². The molecule has 0 aliphatic carbocycles. The van der Waals surface area contributed by atoms with E-state index in [9.17, 15) is 9.18 Å². The number of nitrogens with zero attached hydrogens (tertiary/aromatic N) is 1. The Balaban J connectivity index is 1.87. The van der Waals surface area contributed by atoms with E-state index >= 15 is 0 Å². The van der Waals surface area contributed by atoms with Crippen molar-refractivity contribution in [2.45, 2.75) is 12.5 Å². The van der Waals surface area contributed by atoms with Gasteiger partial charge >= 0.3 is 0 Å². The molecule has 2 rings (SSSR count). The van der Waals surface area contributed by atoms with Gasteiger partial charge in [0, 0.05) is 25.2 Å². The van der Waals surface area contributed by atoms with Crippen molar-refractivity contribution in [2.75, 3.05) is 19.7 Å². The summed E-state index contributed by atoms with van der Waals surface area (Å²) < 4.78 is 18.2. The van der Waals surface area contributed by atoms with Gasteiger partial charge in [-0.2, -0.15) is 0 Å². The molecular weight excluding hydrogens is 259 g/mol. The summed E-state index contributed by atoms with van der Waals surface area (Å²) in [5.41, 5.74) is 5.71. The first-order valence-corrected chi connectivity index (χ1v) is 6.05. The zero-order chi connectivity index (χ0) is 13.1. The maximum atomic E-state index is 12.9. The lowest BCUT2D eigenvalue weighted by molar-refractivity contribution is -0.132. The third-order valence-electron chi connectivity index (χ3n) is 2.83. The minimum absolute atomic E-state index is 0.0249. The van der Waals surface area contributed by atoms with E-state index in [2.05, 4.69) is 0 Å². The molecule has 1 atom stereocenters. The molecule has 0 saturated carbocycles. The van der Waals surface area contributed by atoms with Crippen LogP contribution in [0.1, 0.15) is 6.42 Å². The number of carbonyl (C=O) groups excluding carboxylic acids is 1. The van der Waals surface area contributed by atoms with Gasteiger partial charge in [0.25, 0.3) is 5.91 Å². The average molecular weight is 273 g/mol. The largest absolute Gasteiger partial charge is 0.484 e. The Kier molecular flexibility index (Phi) is 4.04. The normalized spacial score (nSPS) is 19.1. The standard InChI is InChI=1S/C12H14ClFN2O2/c13-10-5-9(1-2-11(10)14)18-7-12(17)16-4-3-8(15)6-16/h1-2,5,8H,3-4,6-7,15H2. The summed E-state index contributed by atoms with van der Waals surface area (Å²) in [6, 6.07) is 4.03. The molecule has 1 saturated heterocycles. The van der Waals surface area contributed by atoms with Crippen molar-refractivity contribution in [1.82, 2.24) is 4.90 Å². The number of rotatable bonds is 3. The van der Waals surface area contributed by atoms with Gasteiger partial charge in [0.15, 0.2) is 6.61 Å². The maximum absolute atomic E-state index is 12.9. The average Bonchev–Trinajstić information content (AvgIpc) is 2.77. The topological polar surface area (TPSA) is 55.6 Å². The molecule has 1 heterocycles. The molecule has 1 aliphatic heterocycles. The highest BCUT2D eigenvalue weighted by molar-refractivity contribution is 6.30. The van der Waals surface area contributed by atoms with Gasteiger partial charge in [0.05, 0.1) is 5.02 Å². The fourth-order valence-corrected chi connectivity index (χ4v) is 1.99. The molecule has 6 heteroatoms. The molecule has 0 spiro atoms. The lowest BCUT2D eigenvalue weighted by Gasteiger charge is -2.16. The predicted molar refractivity (Wildman–Crippen MR) is 66.1 cm³/mol. The van der Waals surface area contributed by atoms with Gasteiger partial charge in [-0.1, -0.05) is 11.6 Å². The quantitative estimate of drug-likeness (QED) is 0.905. The van der Waals surface area contributed by atoms with Crippen LogP contribution in [0.3, 0.4) is 0 Å². The first kappa shape index (κ1) is 13.1. The van der Waals surface area contributed by atoms with Gasteiger partial charge in [-0.15, -0.1) is 0 Å². The number of halogens is 2. The van der Waals surface area contributed by atoms with Crippen LogP contribution in [-0.2, 0) is 4.79 Å². The van der Waals surface area contributed by atoms with Crippen LogP contribution >= 0.6 is 11.6 Å². The van der Waals surface area contributed by atoms with Crippen LogP contribution in [0.4, 0.5) is 4.39 Å². The van der Waals surface area contributed by atoms with Crippen molar-refractivity contribution in [3.8, 4) is 5.75 Å². The maximum Gasteiger partial charge on any atom is 0.260 e. The highest BCUT2D eigenvalue weighted by Crippen LogP contribution is 2.21. The highest BCUT2D eigenvalue weighted by Gasteiger charge is 2.23. The van der Waals surface area contributed by atoms with Crippen LogP contribution in [0.5, 0.6) is 5.75 Å². The van der Waals surface area contributed by atoms with Crippen LogP contribution < -0.4 is 10.5 Å². The zero-order valence-corrected chi connectivity index (χ0v) is 10.5. The van der Waals surface area contributed by atoms with E-state index in [0.29, 0.717) is 18.8 Å². The summed E-state index contributed by atoms with van der Waals surface area (Å²) in [6.07, 6.45) is 0.814. The molecule has 1 fully saturated rings. The van der Waals surface area contributed by atoms with E-state index in [1.54, 1.807) is 4.90 Å². The minimum atomic E-state index is -0.513. The second-order valence-electron chi connectivity index (χ2n) is 4.25. The van der Waals surface area contributed by atoms with E-state index in [1.807, 2.05) is 0 Å². The van der Waals surface area contributed by atoms with Crippen molar-refractivity contribution in [3.05, 3.63) is 29.0 Å². The Morgan fingerprint density at radius 2 is 2.39 bits per heavy atom. The molecule has 1 aromatic rings. The minimum Gasteiger partial charge on any atom is -0.484 e. The number of ether oxygens (including phenoxy) is 1. The smallest absolute Gasteiger partial charge is 0.260 e. The number of hydrogen-bond donors (Lipinski definition) is 1. The van der Waals surface area contributed by atoms with Gasteiger partial charge < -0.3 is 15.4 Å². The molecular formula is C12H14ClFN2O2. The molecule has 4 nitrogen and oxygen atoms in total. The molecule has 1 unspecified atom stereocenters. The van der Waals surface area contributed by atoms with Crippen LogP contribution in [0.15, 0.2) is 18.2 Å². The van der Waals surface area contributed by atoms with Crippen molar-refractivity contribution >= 4 is 17.5 Å². The number of benzene rings is 1. The molecule has 1 amide bonds. The molecule has 2 N–H and O–H groups in total. The second-order valence-corrected chi connectivity index (χ2v) is 4.66. The Morgan fingerprint density at radius 1 is 1.61 bits per heavy atom. The van der Waals surface area contributed by atoms with Crippen molar-refractivity contribution in [1.29, 1.82) is 0 Å². The van der Waals surface area contributed by atoms with Gasteiger partial charge in [0.2, 0.25) is 0 Å². The Morgan fingerprint density at radius 3 is 3.00 bits per heavy atom. The number of hydrogen-bond acceptors (Lipinski definition) is 3. The third-order valence-corrected chi connectivity index (χ3v) is 3.12. The summed E-state index contributed by atoms with van der Waals surface area (Å²) in [6.45, 7) is 1.13. The van der Waals surface area contributed by atoms with Crippen molar-refractivity contribution in [3.63, 3.8) is 0 Å². The predicted octanol–water partition coefficient (Wildman–Crippen LogP) is 1.42. The van der Waals surface area contributed by atoms with Gasteiger partial charge in [-0.3, -0.25) is 4.79 Å². The summed E-state index contributed by atoms with van der Waals surface area (Å²) in [5, 5.41) is -0.0249. The molecule has 1 aromatic carbocycles. The van der Waals surface area contributed by atoms with Crippen molar-refractivity contribution in [2.24, 2.45) is 5.73 Å². The van der Waals surface area contributed by atoms with Gasteiger partial charge in [-0.25, -0.2) is 4.39 Å². The van der Waals surface area contributed by atoms with Crippen LogP contribution in [0, 0.1) is 5.82 Å². The fraction of sp³-hybridized carbons (Fsp3) is 0.417. The third kappa shape index (κ3) is 3.11. The van der Waals surface area contributed by atoms with E-state index in [0.717, 1.165) is 6.42 Å². The molecule has 1 aliphatic rings. The fourth-order valence-electron chi connectivity index (χ4n) is 1.82. The Hall–Kier alpha value is -1.33. The number of carbonyl (C=O) groups is 1. The van der Waals surface area contributed by atoms with Crippen LogP contribution in [-0.4, -0.2) is 36.5 Å². The molecule has 0 radical (unpaired) electrons. The SMILES string of the molecule is NC1CCN(C(=O)COc2ccc(F)c(Cl)c2)C1.